The topological polar surface area (TPSA) is 63.5 Å². The number of aryl methyl sites for hydroxylation is 1. The summed E-state index contributed by atoms with van der Waals surface area (Å²) in [5, 5.41) is 9.09. The normalized spacial score (nSPS) is 13.3. The monoisotopic (exact) mass is 205 g/mol. The number of nitrogens with zero attached hydrogens (tertiary/aromatic N) is 2. The van der Waals surface area contributed by atoms with Gasteiger partial charge in [0.2, 0.25) is 0 Å². The molecule has 0 bridgehead atoms. The molecule has 0 spiro atoms. The molecule has 2 rings (SSSR count). The lowest BCUT2D eigenvalue weighted by Crippen LogP contribution is -2.18. The second-order valence-electron chi connectivity index (χ2n) is 3.53. The minimum absolute atomic E-state index is 0.0551. The van der Waals surface area contributed by atoms with Crippen LogP contribution in [-0.4, -0.2) is 21.1 Å². The van der Waals surface area contributed by atoms with Crippen LogP contribution >= 0.6 is 0 Å². The summed E-state index contributed by atoms with van der Waals surface area (Å²) >= 11 is 0. The lowest BCUT2D eigenvalue weighted by Gasteiger charge is -2.12. The number of imidazole rings is 1. The SMILES string of the molecule is CCc1ncc2cccc(C(N)CO)n12. The molecule has 15 heavy (non-hydrogen) atoms. The van der Waals surface area contributed by atoms with E-state index >= 15 is 0 Å². The summed E-state index contributed by atoms with van der Waals surface area (Å²) in [5.74, 6) is 0.976. The molecule has 4 nitrogen and oxygen atoms in total. The molecule has 4 heteroatoms. The predicted octanol–water partition coefficient (Wildman–Crippen LogP) is 0.889. The number of aliphatic hydroxyl groups excluding tert-OH is 1. The van der Waals surface area contributed by atoms with Crippen LogP contribution in [0.5, 0.6) is 0 Å². The molecule has 0 radical (unpaired) electrons. The lowest BCUT2D eigenvalue weighted by molar-refractivity contribution is 0.265. The van der Waals surface area contributed by atoms with Gasteiger partial charge in [-0.15, -0.1) is 0 Å². The highest BCUT2D eigenvalue weighted by Gasteiger charge is 2.11. The summed E-state index contributed by atoms with van der Waals surface area (Å²) in [6, 6.07) is 5.49. The molecule has 80 valence electrons. The van der Waals surface area contributed by atoms with E-state index in [1.54, 1.807) is 0 Å². The van der Waals surface area contributed by atoms with E-state index in [0.29, 0.717) is 0 Å². The Kier molecular flexibility index (Phi) is 2.70. The number of hydrogen-bond acceptors (Lipinski definition) is 3. The van der Waals surface area contributed by atoms with Gasteiger partial charge in [0.05, 0.1) is 24.4 Å². The molecule has 3 N–H and O–H groups in total. The maximum atomic E-state index is 9.09. The molecular formula is C11H15N3O. The van der Waals surface area contributed by atoms with Gasteiger partial charge in [-0.05, 0) is 12.1 Å². The average molecular weight is 205 g/mol. The minimum Gasteiger partial charge on any atom is -0.394 e. The molecule has 0 saturated carbocycles. The average Bonchev–Trinajstić information content (AvgIpc) is 2.70. The van der Waals surface area contributed by atoms with Crippen molar-refractivity contribution in [2.24, 2.45) is 5.73 Å². The van der Waals surface area contributed by atoms with Crippen LogP contribution in [-0.2, 0) is 6.42 Å². The Morgan fingerprint density at radius 3 is 3.00 bits per heavy atom. The van der Waals surface area contributed by atoms with Gasteiger partial charge in [0.15, 0.2) is 0 Å². The smallest absolute Gasteiger partial charge is 0.113 e. The number of aliphatic hydroxyl groups is 1. The number of fused-ring (bicyclic) bond motifs is 1. The van der Waals surface area contributed by atoms with E-state index in [1.807, 2.05) is 28.8 Å². The van der Waals surface area contributed by atoms with E-state index in [-0.39, 0.29) is 12.6 Å². The Hall–Kier alpha value is -1.39. The Bertz CT molecular complexity index is 464. The highest BCUT2D eigenvalue weighted by molar-refractivity contribution is 5.48. The standard InChI is InChI=1S/C11H15N3O/c1-2-11-13-6-8-4-3-5-10(14(8)11)9(12)7-15/h3-6,9,15H,2,7,12H2,1H3. The first-order valence-corrected chi connectivity index (χ1v) is 5.09. The molecule has 0 aromatic carbocycles. The van der Waals surface area contributed by atoms with Crippen molar-refractivity contribution in [2.75, 3.05) is 6.61 Å². The molecule has 0 aliphatic carbocycles. The van der Waals surface area contributed by atoms with Crippen molar-refractivity contribution in [3.8, 4) is 0 Å². The van der Waals surface area contributed by atoms with Crippen LogP contribution in [0.1, 0.15) is 24.5 Å². The van der Waals surface area contributed by atoms with Gasteiger partial charge in [0, 0.05) is 12.1 Å². The fourth-order valence-corrected chi connectivity index (χ4v) is 1.77. The second-order valence-corrected chi connectivity index (χ2v) is 3.53. The fraction of sp³-hybridized carbons (Fsp3) is 0.364. The Labute approximate surface area is 88.4 Å². The maximum absolute atomic E-state index is 9.09. The number of rotatable bonds is 3. The Morgan fingerprint density at radius 2 is 2.33 bits per heavy atom. The van der Waals surface area contributed by atoms with E-state index in [1.165, 1.54) is 0 Å². The van der Waals surface area contributed by atoms with Gasteiger partial charge in [-0.1, -0.05) is 13.0 Å². The lowest BCUT2D eigenvalue weighted by atomic mass is 10.2. The first-order chi connectivity index (χ1) is 7.27. The number of pyridine rings is 1. The molecule has 2 aromatic rings. The molecule has 1 unspecified atom stereocenters. The van der Waals surface area contributed by atoms with Crippen LogP contribution in [0.25, 0.3) is 5.52 Å². The summed E-state index contributed by atoms with van der Waals surface area (Å²) in [5.41, 5.74) is 7.77. The zero-order valence-corrected chi connectivity index (χ0v) is 8.72. The van der Waals surface area contributed by atoms with Gasteiger partial charge in [0.25, 0.3) is 0 Å². The molecule has 0 aliphatic heterocycles. The third-order valence-corrected chi connectivity index (χ3v) is 2.55. The molecule has 0 saturated heterocycles. The van der Waals surface area contributed by atoms with Crippen LogP contribution < -0.4 is 5.73 Å². The third kappa shape index (κ3) is 1.62. The highest BCUT2D eigenvalue weighted by Crippen LogP contribution is 2.16. The van der Waals surface area contributed by atoms with Gasteiger partial charge < -0.3 is 10.8 Å². The summed E-state index contributed by atoms with van der Waals surface area (Å²) in [6.45, 7) is 2.00. The number of hydrogen-bond donors (Lipinski definition) is 2. The molecule has 2 aromatic heterocycles. The zero-order valence-electron chi connectivity index (χ0n) is 8.72. The van der Waals surface area contributed by atoms with Crippen molar-refractivity contribution in [1.82, 2.24) is 9.38 Å². The Morgan fingerprint density at radius 1 is 1.53 bits per heavy atom. The predicted molar refractivity (Wildman–Crippen MR) is 58.6 cm³/mol. The van der Waals surface area contributed by atoms with Gasteiger partial charge in [0.1, 0.15) is 5.82 Å². The summed E-state index contributed by atoms with van der Waals surface area (Å²) < 4.78 is 2.01. The van der Waals surface area contributed by atoms with Crippen molar-refractivity contribution < 1.29 is 5.11 Å². The van der Waals surface area contributed by atoms with E-state index in [9.17, 15) is 0 Å². The number of nitrogens with two attached hydrogens (primary N) is 1. The first-order valence-electron chi connectivity index (χ1n) is 5.09. The molecule has 1 atom stereocenters. The van der Waals surface area contributed by atoms with Crippen molar-refractivity contribution in [3.63, 3.8) is 0 Å². The van der Waals surface area contributed by atoms with E-state index < -0.39 is 0 Å². The van der Waals surface area contributed by atoms with Crippen molar-refractivity contribution in [2.45, 2.75) is 19.4 Å². The summed E-state index contributed by atoms with van der Waals surface area (Å²) in [6.07, 6.45) is 2.68. The fourth-order valence-electron chi connectivity index (χ4n) is 1.77. The van der Waals surface area contributed by atoms with E-state index in [0.717, 1.165) is 23.5 Å². The van der Waals surface area contributed by atoms with Gasteiger partial charge in [-0.3, -0.25) is 4.40 Å². The molecule has 0 aliphatic rings. The van der Waals surface area contributed by atoms with Crippen LogP contribution in [0.15, 0.2) is 24.4 Å². The van der Waals surface area contributed by atoms with E-state index in [4.69, 9.17) is 10.8 Å². The van der Waals surface area contributed by atoms with E-state index in [2.05, 4.69) is 11.9 Å². The van der Waals surface area contributed by atoms with Crippen LogP contribution in [0.3, 0.4) is 0 Å². The minimum atomic E-state index is -0.354. The van der Waals surface area contributed by atoms with Crippen LogP contribution in [0.4, 0.5) is 0 Å². The quantitative estimate of drug-likeness (QED) is 0.782. The van der Waals surface area contributed by atoms with Crippen molar-refractivity contribution in [3.05, 3.63) is 35.9 Å². The molecule has 2 heterocycles. The van der Waals surface area contributed by atoms with Crippen molar-refractivity contribution >= 4 is 5.52 Å². The second kappa shape index (κ2) is 4.00. The van der Waals surface area contributed by atoms with Crippen LogP contribution in [0.2, 0.25) is 0 Å². The van der Waals surface area contributed by atoms with Gasteiger partial charge in [-0.25, -0.2) is 4.98 Å². The zero-order chi connectivity index (χ0) is 10.8. The molecule has 0 fully saturated rings. The third-order valence-electron chi connectivity index (χ3n) is 2.55. The number of aromatic nitrogens is 2. The largest absolute Gasteiger partial charge is 0.394 e. The van der Waals surface area contributed by atoms with Crippen LogP contribution in [0, 0.1) is 0 Å². The summed E-state index contributed by atoms with van der Waals surface area (Å²) in [7, 11) is 0. The Balaban J connectivity index is 2.66. The first kappa shape index (κ1) is 10.1. The van der Waals surface area contributed by atoms with Crippen molar-refractivity contribution in [1.29, 1.82) is 0 Å². The highest BCUT2D eigenvalue weighted by atomic mass is 16.3. The van der Waals surface area contributed by atoms with Gasteiger partial charge in [-0.2, -0.15) is 0 Å². The summed E-state index contributed by atoms with van der Waals surface area (Å²) in [4.78, 5) is 4.32. The van der Waals surface area contributed by atoms with Gasteiger partial charge >= 0.3 is 0 Å². The molecule has 0 amide bonds. The molecular weight excluding hydrogens is 190 g/mol. The maximum Gasteiger partial charge on any atom is 0.113 e.